The Morgan fingerprint density at radius 2 is 1.96 bits per heavy atom. The van der Waals surface area contributed by atoms with E-state index in [0.717, 1.165) is 81.2 Å². The third-order valence-corrected chi connectivity index (χ3v) is 11.0. The molecule has 4 aliphatic rings. The Morgan fingerprint density at radius 1 is 1.16 bits per heavy atom. The highest BCUT2D eigenvalue weighted by Gasteiger charge is 2.51. The first-order chi connectivity index (χ1) is 21.8. The van der Waals surface area contributed by atoms with E-state index in [-0.39, 0.29) is 11.8 Å². The Labute approximate surface area is 267 Å². The number of aryl methyl sites for hydroxylation is 1. The lowest BCUT2D eigenvalue weighted by Crippen LogP contribution is -2.39. The Balaban J connectivity index is 0.953. The van der Waals surface area contributed by atoms with E-state index < -0.39 is 5.41 Å². The third-order valence-electron chi connectivity index (χ3n) is 9.82. The zero-order valence-electron chi connectivity index (χ0n) is 25.9. The Morgan fingerprint density at radius 3 is 2.71 bits per heavy atom. The molecule has 45 heavy (non-hydrogen) atoms. The summed E-state index contributed by atoms with van der Waals surface area (Å²) in [4.78, 5) is 32.0. The smallest absolute Gasteiger partial charge is 0.235 e. The predicted octanol–water partition coefficient (Wildman–Crippen LogP) is 4.05. The van der Waals surface area contributed by atoms with Crippen molar-refractivity contribution in [2.24, 2.45) is 18.4 Å². The van der Waals surface area contributed by atoms with Gasteiger partial charge in [-0.1, -0.05) is 12.7 Å². The van der Waals surface area contributed by atoms with Gasteiger partial charge >= 0.3 is 0 Å². The van der Waals surface area contributed by atoms with Gasteiger partial charge in [-0.25, -0.2) is 9.97 Å². The summed E-state index contributed by atoms with van der Waals surface area (Å²) < 4.78 is 7.20. The molecule has 3 saturated heterocycles. The molecule has 0 bridgehead atoms. The number of carbonyl (C=O) groups excluding carboxylic acids is 1. The zero-order chi connectivity index (χ0) is 31.1. The van der Waals surface area contributed by atoms with Gasteiger partial charge in [0.1, 0.15) is 17.8 Å². The van der Waals surface area contributed by atoms with Crippen LogP contribution in [0.4, 0.5) is 11.5 Å². The van der Waals surface area contributed by atoms with Gasteiger partial charge < -0.3 is 20.8 Å². The minimum Gasteiger partial charge on any atom is -0.397 e. The number of ether oxygens (including phenoxy) is 1. The predicted molar refractivity (Wildman–Crippen MR) is 177 cm³/mol. The number of pyridine rings is 1. The summed E-state index contributed by atoms with van der Waals surface area (Å²) in [6, 6.07) is 7.90. The van der Waals surface area contributed by atoms with E-state index in [9.17, 15) is 4.79 Å². The number of hydrogen-bond donors (Lipinski definition) is 2. The van der Waals surface area contributed by atoms with Crippen LogP contribution in [0, 0.1) is 16.7 Å². The van der Waals surface area contributed by atoms with Crippen LogP contribution in [-0.4, -0.2) is 93.6 Å². The van der Waals surface area contributed by atoms with Crippen LogP contribution in [0.5, 0.6) is 0 Å². The number of hydrogen-bond acceptors (Lipinski definition) is 10. The van der Waals surface area contributed by atoms with E-state index in [1.54, 1.807) is 28.4 Å². The number of carbonyl (C=O) groups is 1. The average Bonchev–Trinajstić information content (AvgIpc) is 3.87. The number of nitrogens with one attached hydrogen (secondary N) is 1. The van der Waals surface area contributed by atoms with Gasteiger partial charge in [0.25, 0.3) is 0 Å². The molecule has 3 fully saturated rings. The summed E-state index contributed by atoms with van der Waals surface area (Å²) >= 11 is 1.74. The lowest BCUT2D eigenvalue weighted by atomic mass is 9.85. The number of rotatable bonds is 8. The topological polar surface area (TPSA) is 129 Å². The normalized spacial score (nSPS) is 22.9. The molecule has 1 atom stereocenters. The van der Waals surface area contributed by atoms with E-state index in [0.29, 0.717) is 42.7 Å². The van der Waals surface area contributed by atoms with E-state index in [1.807, 2.05) is 18.0 Å². The van der Waals surface area contributed by atoms with Crippen molar-refractivity contribution >= 4 is 40.0 Å². The van der Waals surface area contributed by atoms with Crippen molar-refractivity contribution in [3.05, 3.63) is 59.5 Å². The van der Waals surface area contributed by atoms with Crippen molar-refractivity contribution in [1.82, 2.24) is 29.5 Å². The number of aromatic nitrogens is 4. The number of thiophene rings is 1. The number of likely N-dealkylation sites (tertiary alicyclic amines) is 1. The van der Waals surface area contributed by atoms with Crippen molar-refractivity contribution in [2.45, 2.75) is 32.1 Å². The largest absolute Gasteiger partial charge is 0.397 e. The number of nitrogen functional groups attached to an aromatic ring is 1. The standard InChI is InChI=1S/C33H41N9O2S/c1-22(41-13-7-23(8-14-41)26-4-5-27(45-26)31-36-21-39(2)38-31)19-40-15-11-33(20-40)12-16-42(32(33)43)28-6-3-25(34)30(37-28)29(35)24-9-17-44-18-10-24/h3-7,21,24,35H,1,8-20,34H2,2H3/t33-/m0/s1. The van der Waals surface area contributed by atoms with Crippen molar-refractivity contribution in [3.63, 3.8) is 0 Å². The molecule has 3 aromatic heterocycles. The molecule has 236 valence electrons. The maximum absolute atomic E-state index is 13.9. The lowest BCUT2D eigenvalue weighted by molar-refractivity contribution is -0.125. The molecule has 0 unspecified atom stereocenters. The number of amides is 1. The summed E-state index contributed by atoms with van der Waals surface area (Å²) in [7, 11) is 1.88. The second-order valence-corrected chi connectivity index (χ2v) is 13.8. The van der Waals surface area contributed by atoms with Crippen LogP contribution < -0.4 is 10.6 Å². The zero-order valence-corrected chi connectivity index (χ0v) is 26.7. The van der Waals surface area contributed by atoms with Crippen molar-refractivity contribution in [2.75, 3.05) is 63.1 Å². The quantitative estimate of drug-likeness (QED) is 0.358. The molecular formula is C33H41N9O2S. The second-order valence-electron chi connectivity index (χ2n) is 12.8. The molecule has 3 N–H and O–H groups in total. The maximum atomic E-state index is 13.9. The summed E-state index contributed by atoms with van der Waals surface area (Å²) in [5.74, 6) is 1.60. The molecule has 11 nitrogen and oxygen atoms in total. The van der Waals surface area contributed by atoms with Crippen LogP contribution in [0.2, 0.25) is 0 Å². The van der Waals surface area contributed by atoms with Crippen LogP contribution in [0.1, 0.15) is 42.7 Å². The number of nitrogens with two attached hydrogens (primary N) is 1. The first kappa shape index (κ1) is 29.8. The Hall–Kier alpha value is -3.87. The van der Waals surface area contributed by atoms with Gasteiger partial charge in [-0.3, -0.25) is 19.3 Å². The van der Waals surface area contributed by atoms with Crippen molar-refractivity contribution in [1.29, 1.82) is 5.41 Å². The van der Waals surface area contributed by atoms with Crippen molar-refractivity contribution < 1.29 is 9.53 Å². The highest BCUT2D eigenvalue weighted by Crippen LogP contribution is 2.43. The molecule has 0 aliphatic carbocycles. The molecule has 12 heteroatoms. The first-order valence-corrected chi connectivity index (χ1v) is 16.7. The Kier molecular flexibility index (Phi) is 8.05. The van der Waals surface area contributed by atoms with E-state index >= 15 is 0 Å². The molecule has 4 aliphatic heterocycles. The average molecular weight is 628 g/mol. The molecule has 1 spiro atoms. The summed E-state index contributed by atoms with van der Waals surface area (Å²) in [5.41, 5.74) is 9.78. The van der Waals surface area contributed by atoms with Gasteiger partial charge in [0.15, 0.2) is 5.82 Å². The third kappa shape index (κ3) is 5.82. The lowest BCUT2D eigenvalue weighted by Gasteiger charge is -2.32. The van der Waals surface area contributed by atoms with E-state index in [2.05, 4.69) is 44.7 Å². The molecule has 1 amide bonds. The number of nitrogens with zero attached hydrogens (tertiary/aromatic N) is 7. The summed E-state index contributed by atoms with van der Waals surface area (Å²) in [6.45, 7) is 10.5. The first-order valence-electron chi connectivity index (χ1n) is 15.8. The monoisotopic (exact) mass is 627 g/mol. The Bertz CT molecular complexity index is 1650. The summed E-state index contributed by atoms with van der Waals surface area (Å²) in [6.07, 6.45) is 8.25. The van der Waals surface area contributed by atoms with Crippen molar-refractivity contribution in [3.8, 4) is 10.7 Å². The van der Waals surface area contributed by atoms with Gasteiger partial charge in [-0.05, 0) is 68.5 Å². The SMILES string of the molecule is C=C(CN1CC[C@]2(CCN(c3ccc(N)c(C(=N)C4CCOCC4)n3)C2=O)C1)N1CC=C(c2ccc(-c3ncn(C)n3)s2)CC1. The molecule has 0 aromatic carbocycles. The van der Waals surface area contributed by atoms with E-state index in [4.69, 9.17) is 20.9 Å². The van der Waals surface area contributed by atoms with E-state index in [1.165, 1.54) is 10.5 Å². The highest BCUT2D eigenvalue weighted by molar-refractivity contribution is 7.16. The number of anilines is 2. The maximum Gasteiger partial charge on any atom is 0.235 e. The molecule has 7 heterocycles. The van der Waals surface area contributed by atoms with Crippen LogP contribution in [0.25, 0.3) is 16.3 Å². The highest BCUT2D eigenvalue weighted by atomic mass is 32.1. The summed E-state index contributed by atoms with van der Waals surface area (Å²) in [5, 5.41) is 13.2. The fourth-order valence-electron chi connectivity index (χ4n) is 7.14. The van der Waals surface area contributed by atoms with Gasteiger partial charge in [-0.15, -0.1) is 11.3 Å². The second kappa shape index (κ2) is 12.1. The molecule has 3 aromatic rings. The molecule has 0 saturated carbocycles. The molecular weight excluding hydrogens is 586 g/mol. The molecule has 0 radical (unpaired) electrons. The van der Waals surface area contributed by atoms with Gasteiger partial charge in [-0.2, -0.15) is 5.10 Å². The van der Waals surface area contributed by atoms with Crippen LogP contribution in [0.15, 0.2) is 48.9 Å². The van der Waals surface area contributed by atoms with Gasteiger partial charge in [0.2, 0.25) is 5.91 Å². The minimum absolute atomic E-state index is 0.0844. The fraction of sp³-hybridized carbons (Fsp3) is 0.485. The van der Waals surface area contributed by atoms with Crippen LogP contribution in [0.3, 0.4) is 0 Å². The molecule has 7 rings (SSSR count). The van der Waals surface area contributed by atoms with Crippen LogP contribution >= 0.6 is 11.3 Å². The fourth-order valence-corrected chi connectivity index (χ4v) is 8.15. The van der Waals surface area contributed by atoms with Gasteiger partial charge in [0.05, 0.1) is 21.7 Å². The minimum atomic E-state index is -0.397. The van der Waals surface area contributed by atoms with Crippen LogP contribution in [-0.2, 0) is 16.6 Å². The van der Waals surface area contributed by atoms with Gasteiger partial charge in [0, 0.05) is 69.5 Å².